The minimum atomic E-state index is 0.235. The maximum atomic E-state index is 9.86. The molecule has 1 fully saturated rings. The molecule has 0 saturated heterocycles. The number of hydrogen-bond acceptors (Lipinski definition) is 4. The summed E-state index contributed by atoms with van der Waals surface area (Å²) in [6, 6.07) is 18.1. The Morgan fingerprint density at radius 2 is 1.88 bits per heavy atom. The highest BCUT2D eigenvalue weighted by molar-refractivity contribution is 6.06. The first-order chi connectivity index (χ1) is 16.6. The van der Waals surface area contributed by atoms with E-state index in [4.69, 9.17) is 10.7 Å². The van der Waals surface area contributed by atoms with Crippen molar-refractivity contribution in [2.45, 2.75) is 51.5 Å². The van der Waals surface area contributed by atoms with E-state index in [-0.39, 0.29) is 5.75 Å². The molecule has 34 heavy (non-hydrogen) atoms. The fourth-order valence-corrected chi connectivity index (χ4v) is 4.80. The van der Waals surface area contributed by atoms with Crippen molar-refractivity contribution < 1.29 is 5.11 Å². The van der Waals surface area contributed by atoms with Gasteiger partial charge in [-0.1, -0.05) is 56.5 Å². The maximum absolute atomic E-state index is 9.86. The van der Waals surface area contributed by atoms with Crippen LogP contribution >= 0.6 is 0 Å². The first-order valence-corrected chi connectivity index (χ1v) is 12.1. The Balaban J connectivity index is 1.62. The molecule has 0 amide bonds. The standard InChI is InChI=1S/C28H31N5O/c1-2-19-15-23(34)13-14-25(19)32-28(29)24-17-30-33-18-21(20-9-5-3-6-10-20)16-26(33)27(24)31-22-11-7-4-8-12-22/h3,5-6,9-10,13-18,22,31,34H,2,4,7-8,11-12H2,1H3,(H2,29,32). The SMILES string of the molecule is CCc1cc(O)ccc1N=C(N)c1cnn2cc(-c3ccccc3)cc2c1NC1CCCCC1. The minimum absolute atomic E-state index is 0.235. The van der Waals surface area contributed by atoms with Gasteiger partial charge in [0.2, 0.25) is 0 Å². The highest BCUT2D eigenvalue weighted by atomic mass is 16.3. The van der Waals surface area contributed by atoms with E-state index in [0.29, 0.717) is 11.9 Å². The molecule has 1 aliphatic rings. The molecule has 0 unspecified atom stereocenters. The summed E-state index contributed by atoms with van der Waals surface area (Å²) < 4.78 is 1.92. The number of aromatic hydroxyl groups is 1. The van der Waals surface area contributed by atoms with Gasteiger partial charge < -0.3 is 16.2 Å². The molecule has 4 aromatic rings. The van der Waals surface area contributed by atoms with Crippen LogP contribution in [-0.4, -0.2) is 26.6 Å². The van der Waals surface area contributed by atoms with E-state index in [2.05, 4.69) is 34.8 Å². The molecule has 2 heterocycles. The van der Waals surface area contributed by atoms with E-state index in [1.165, 1.54) is 19.3 Å². The molecule has 4 N–H and O–H groups in total. The average Bonchev–Trinajstić information content (AvgIpc) is 3.31. The number of fused-ring (bicyclic) bond motifs is 1. The molecule has 6 heteroatoms. The molecule has 1 saturated carbocycles. The van der Waals surface area contributed by atoms with Gasteiger partial charge in [0.1, 0.15) is 11.6 Å². The second-order valence-corrected chi connectivity index (χ2v) is 9.00. The fraction of sp³-hybridized carbons (Fsp3) is 0.286. The van der Waals surface area contributed by atoms with Crippen LogP contribution in [0.25, 0.3) is 16.6 Å². The monoisotopic (exact) mass is 453 g/mol. The third-order valence-electron chi connectivity index (χ3n) is 6.66. The van der Waals surface area contributed by atoms with Crippen LogP contribution in [-0.2, 0) is 6.42 Å². The summed E-state index contributed by atoms with van der Waals surface area (Å²) in [7, 11) is 0. The first kappa shape index (κ1) is 22.0. The predicted molar refractivity (Wildman–Crippen MR) is 139 cm³/mol. The molecule has 1 aliphatic carbocycles. The van der Waals surface area contributed by atoms with Crippen molar-refractivity contribution in [1.29, 1.82) is 0 Å². The van der Waals surface area contributed by atoms with Crippen LogP contribution in [0.15, 0.2) is 72.0 Å². The third kappa shape index (κ3) is 4.49. The minimum Gasteiger partial charge on any atom is -0.508 e. The second kappa shape index (κ2) is 9.59. The van der Waals surface area contributed by atoms with Gasteiger partial charge in [-0.15, -0.1) is 0 Å². The summed E-state index contributed by atoms with van der Waals surface area (Å²) in [5, 5.41) is 18.3. The van der Waals surface area contributed by atoms with Crippen molar-refractivity contribution >= 4 is 22.7 Å². The van der Waals surface area contributed by atoms with Gasteiger partial charge >= 0.3 is 0 Å². The van der Waals surface area contributed by atoms with E-state index in [1.807, 2.05) is 35.7 Å². The smallest absolute Gasteiger partial charge is 0.135 e. The van der Waals surface area contributed by atoms with Crippen molar-refractivity contribution in [2.75, 3.05) is 5.32 Å². The lowest BCUT2D eigenvalue weighted by atomic mass is 9.95. The Morgan fingerprint density at radius 1 is 1.09 bits per heavy atom. The van der Waals surface area contributed by atoms with E-state index in [0.717, 1.165) is 58.4 Å². The van der Waals surface area contributed by atoms with Crippen LogP contribution in [0.4, 0.5) is 11.4 Å². The Kier molecular flexibility index (Phi) is 6.21. The Labute approximate surface area is 200 Å². The molecule has 0 bridgehead atoms. The van der Waals surface area contributed by atoms with Crippen LogP contribution in [0, 0.1) is 0 Å². The first-order valence-electron chi connectivity index (χ1n) is 12.1. The molecular formula is C28H31N5O. The summed E-state index contributed by atoms with van der Waals surface area (Å²) in [4.78, 5) is 4.76. The van der Waals surface area contributed by atoms with Gasteiger partial charge in [-0.3, -0.25) is 0 Å². The van der Waals surface area contributed by atoms with Gasteiger partial charge in [-0.2, -0.15) is 5.10 Å². The van der Waals surface area contributed by atoms with Gasteiger partial charge in [0.05, 0.1) is 28.7 Å². The number of aromatic nitrogens is 2. The number of hydrogen-bond donors (Lipinski definition) is 3. The van der Waals surface area contributed by atoms with Gasteiger partial charge in [-0.05, 0) is 54.7 Å². The topological polar surface area (TPSA) is 87.9 Å². The third-order valence-corrected chi connectivity index (χ3v) is 6.66. The second-order valence-electron chi connectivity index (χ2n) is 9.00. The lowest BCUT2D eigenvalue weighted by Gasteiger charge is -2.25. The number of rotatable bonds is 6. The maximum Gasteiger partial charge on any atom is 0.135 e. The fourth-order valence-electron chi connectivity index (χ4n) is 4.80. The number of amidine groups is 1. The lowest BCUT2D eigenvalue weighted by Crippen LogP contribution is -2.25. The van der Waals surface area contributed by atoms with Crippen molar-refractivity contribution in [1.82, 2.24) is 9.61 Å². The number of nitrogens with two attached hydrogens (primary N) is 1. The molecule has 174 valence electrons. The molecular weight excluding hydrogens is 422 g/mol. The molecule has 2 aromatic carbocycles. The van der Waals surface area contributed by atoms with Crippen LogP contribution in [0.2, 0.25) is 0 Å². The van der Waals surface area contributed by atoms with Crippen LogP contribution in [0.5, 0.6) is 5.75 Å². The normalized spacial score (nSPS) is 15.0. The molecule has 6 nitrogen and oxygen atoms in total. The number of nitrogens with zero attached hydrogens (tertiary/aromatic N) is 3. The number of aryl methyl sites for hydroxylation is 1. The molecule has 0 spiro atoms. The molecule has 2 aromatic heterocycles. The van der Waals surface area contributed by atoms with E-state index in [1.54, 1.807) is 18.3 Å². The van der Waals surface area contributed by atoms with Gasteiger partial charge in [0.15, 0.2) is 0 Å². The van der Waals surface area contributed by atoms with Crippen molar-refractivity contribution in [3.05, 3.63) is 78.1 Å². The Hall–Kier alpha value is -3.80. The van der Waals surface area contributed by atoms with Crippen molar-refractivity contribution in [2.24, 2.45) is 10.7 Å². The van der Waals surface area contributed by atoms with E-state index in [9.17, 15) is 5.11 Å². The van der Waals surface area contributed by atoms with Crippen LogP contribution in [0.3, 0.4) is 0 Å². The highest BCUT2D eigenvalue weighted by Gasteiger charge is 2.20. The molecule has 0 aliphatic heterocycles. The van der Waals surface area contributed by atoms with Gasteiger partial charge in [0.25, 0.3) is 0 Å². The zero-order valence-corrected chi connectivity index (χ0v) is 19.5. The number of nitrogens with one attached hydrogen (secondary N) is 1. The molecule has 0 atom stereocenters. The van der Waals surface area contributed by atoms with Gasteiger partial charge in [0, 0.05) is 17.8 Å². The summed E-state index contributed by atoms with van der Waals surface area (Å²) in [5.74, 6) is 0.648. The van der Waals surface area contributed by atoms with Crippen molar-refractivity contribution in [3.8, 4) is 16.9 Å². The number of phenols is 1. The average molecular weight is 454 g/mol. The summed E-state index contributed by atoms with van der Waals surface area (Å²) >= 11 is 0. The van der Waals surface area contributed by atoms with Crippen LogP contribution < -0.4 is 11.1 Å². The summed E-state index contributed by atoms with van der Waals surface area (Å²) in [6.07, 6.45) is 10.7. The Morgan fingerprint density at radius 3 is 2.65 bits per heavy atom. The number of anilines is 1. The molecule has 0 radical (unpaired) electrons. The quantitative estimate of drug-likeness (QED) is 0.245. The number of phenolic OH excluding ortho intramolecular Hbond substituents is 1. The lowest BCUT2D eigenvalue weighted by molar-refractivity contribution is 0.463. The highest BCUT2D eigenvalue weighted by Crippen LogP contribution is 2.32. The number of benzene rings is 2. The summed E-state index contributed by atoms with van der Waals surface area (Å²) in [6.45, 7) is 2.04. The number of aliphatic imine (C=N–C) groups is 1. The molecule has 5 rings (SSSR count). The van der Waals surface area contributed by atoms with E-state index < -0.39 is 0 Å². The zero-order valence-electron chi connectivity index (χ0n) is 19.5. The van der Waals surface area contributed by atoms with Crippen molar-refractivity contribution in [3.63, 3.8) is 0 Å². The van der Waals surface area contributed by atoms with Crippen LogP contribution in [0.1, 0.15) is 50.2 Å². The zero-order chi connectivity index (χ0) is 23.5. The summed E-state index contributed by atoms with van der Waals surface area (Å²) in [5.41, 5.74) is 13.3. The Bertz CT molecular complexity index is 1320. The predicted octanol–water partition coefficient (Wildman–Crippen LogP) is 6.05. The van der Waals surface area contributed by atoms with E-state index >= 15 is 0 Å². The van der Waals surface area contributed by atoms with Gasteiger partial charge in [-0.25, -0.2) is 9.51 Å². The largest absolute Gasteiger partial charge is 0.508 e.